The molecule has 1 aromatic heterocycles. The standard InChI is InChI=1S/C28H25N3O4/c32-26-23-15-21(12-13-25(23)30-17-24(26)28(34)35)29-16-22-7-4-14-31(22)27(33)20-10-8-19(9-11-20)18-5-2-1-3-6-18/h1-3,5-6,8-13,15,17,22,29H,4,7,14,16H2,(H,30,32)(H,34,35). The van der Waals surface area contributed by atoms with Gasteiger partial charge >= 0.3 is 5.97 Å². The maximum Gasteiger partial charge on any atom is 0.341 e. The highest BCUT2D eigenvalue weighted by Gasteiger charge is 2.29. The van der Waals surface area contributed by atoms with Gasteiger partial charge in [0.05, 0.1) is 0 Å². The lowest BCUT2D eigenvalue weighted by molar-refractivity contribution is 0.0693. The number of aromatic amines is 1. The smallest absolute Gasteiger partial charge is 0.341 e. The zero-order chi connectivity index (χ0) is 24.4. The summed E-state index contributed by atoms with van der Waals surface area (Å²) in [7, 11) is 0. The summed E-state index contributed by atoms with van der Waals surface area (Å²) in [5.74, 6) is -1.25. The summed E-state index contributed by atoms with van der Waals surface area (Å²) in [6.07, 6.45) is 3.03. The number of fused-ring (bicyclic) bond motifs is 1. The van der Waals surface area contributed by atoms with Gasteiger partial charge in [-0.25, -0.2) is 4.79 Å². The number of nitrogens with zero attached hydrogens (tertiary/aromatic N) is 1. The monoisotopic (exact) mass is 467 g/mol. The van der Waals surface area contributed by atoms with Crippen LogP contribution < -0.4 is 10.7 Å². The summed E-state index contributed by atoms with van der Waals surface area (Å²) in [5, 5.41) is 12.9. The maximum atomic E-state index is 13.2. The number of rotatable bonds is 6. The van der Waals surface area contributed by atoms with Crippen LogP contribution in [-0.4, -0.2) is 46.0 Å². The van der Waals surface area contributed by atoms with Crippen molar-refractivity contribution in [2.24, 2.45) is 0 Å². The van der Waals surface area contributed by atoms with Crippen LogP contribution in [-0.2, 0) is 0 Å². The molecule has 5 rings (SSSR count). The van der Waals surface area contributed by atoms with E-state index in [2.05, 4.69) is 10.3 Å². The third-order valence-corrected chi connectivity index (χ3v) is 6.53. The van der Waals surface area contributed by atoms with Crippen molar-refractivity contribution in [3.05, 3.63) is 100 Å². The molecule has 7 nitrogen and oxygen atoms in total. The largest absolute Gasteiger partial charge is 0.477 e. The fraction of sp³-hybridized carbons (Fsp3) is 0.179. The first-order valence-corrected chi connectivity index (χ1v) is 11.6. The van der Waals surface area contributed by atoms with Gasteiger partial charge in [-0.3, -0.25) is 9.59 Å². The van der Waals surface area contributed by atoms with E-state index in [-0.39, 0.29) is 17.5 Å². The van der Waals surface area contributed by atoms with Crippen molar-refractivity contribution in [2.45, 2.75) is 18.9 Å². The number of aromatic nitrogens is 1. The molecule has 1 atom stereocenters. The number of benzene rings is 3. The van der Waals surface area contributed by atoms with Crippen LogP contribution in [0.15, 0.2) is 83.8 Å². The average Bonchev–Trinajstić information content (AvgIpc) is 3.36. The summed E-state index contributed by atoms with van der Waals surface area (Å²) in [5.41, 5.74) is 3.31. The minimum Gasteiger partial charge on any atom is -0.477 e. The number of carboxylic acid groups (broad SMARTS) is 1. The van der Waals surface area contributed by atoms with Crippen LogP contribution in [0.25, 0.3) is 22.0 Å². The molecule has 2 heterocycles. The lowest BCUT2D eigenvalue weighted by Gasteiger charge is -2.25. The molecule has 0 saturated carbocycles. The van der Waals surface area contributed by atoms with Crippen LogP contribution in [0.4, 0.5) is 5.69 Å². The lowest BCUT2D eigenvalue weighted by Crippen LogP contribution is -2.39. The van der Waals surface area contributed by atoms with E-state index in [4.69, 9.17) is 0 Å². The number of likely N-dealkylation sites (tertiary alicyclic amines) is 1. The Balaban J connectivity index is 1.29. The molecular formula is C28H25N3O4. The fourth-order valence-electron chi connectivity index (χ4n) is 4.64. The summed E-state index contributed by atoms with van der Waals surface area (Å²) < 4.78 is 0. The zero-order valence-corrected chi connectivity index (χ0v) is 19.0. The van der Waals surface area contributed by atoms with Gasteiger partial charge in [0.15, 0.2) is 0 Å². The molecule has 1 fully saturated rings. The molecule has 4 aromatic rings. The van der Waals surface area contributed by atoms with Crippen LogP contribution in [0.1, 0.15) is 33.6 Å². The first kappa shape index (κ1) is 22.4. The highest BCUT2D eigenvalue weighted by Crippen LogP contribution is 2.24. The van der Waals surface area contributed by atoms with E-state index in [1.165, 1.54) is 6.20 Å². The Bertz CT molecular complexity index is 1450. The minimum atomic E-state index is -1.26. The highest BCUT2D eigenvalue weighted by atomic mass is 16.4. The normalized spacial score (nSPS) is 15.3. The van der Waals surface area contributed by atoms with Crippen LogP contribution >= 0.6 is 0 Å². The Morgan fingerprint density at radius 1 is 1.00 bits per heavy atom. The summed E-state index contributed by atoms with van der Waals surface area (Å²) in [4.78, 5) is 41.8. The minimum absolute atomic E-state index is 0.00923. The molecule has 1 aliphatic rings. The predicted octanol–water partition coefficient (Wildman–Crippen LogP) is 4.61. The van der Waals surface area contributed by atoms with Crippen LogP contribution in [0.5, 0.6) is 0 Å². The summed E-state index contributed by atoms with van der Waals surface area (Å²) >= 11 is 0. The molecule has 1 amide bonds. The van der Waals surface area contributed by atoms with Crippen molar-refractivity contribution in [1.29, 1.82) is 0 Å². The van der Waals surface area contributed by atoms with Crippen molar-refractivity contribution in [3.8, 4) is 11.1 Å². The second-order valence-electron chi connectivity index (χ2n) is 8.72. The van der Waals surface area contributed by atoms with Crippen LogP contribution in [0, 0.1) is 0 Å². The van der Waals surface area contributed by atoms with E-state index in [1.54, 1.807) is 12.1 Å². The van der Waals surface area contributed by atoms with Crippen LogP contribution in [0.2, 0.25) is 0 Å². The molecule has 176 valence electrons. The SMILES string of the molecule is O=C(O)c1c[nH]c2ccc(NCC3CCCN3C(=O)c3ccc(-c4ccccc4)cc3)cc2c1=O. The van der Waals surface area contributed by atoms with Crippen molar-refractivity contribution in [1.82, 2.24) is 9.88 Å². The topological polar surface area (TPSA) is 102 Å². The van der Waals surface area contributed by atoms with Gasteiger partial charge in [0.1, 0.15) is 5.56 Å². The number of H-pyrrole nitrogens is 1. The molecule has 0 aliphatic carbocycles. The van der Waals surface area contributed by atoms with Gasteiger partial charge in [0.2, 0.25) is 5.43 Å². The van der Waals surface area contributed by atoms with Gasteiger partial charge in [0.25, 0.3) is 5.91 Å². The van der Waals surface area contributed by atoms with Gasteiger partial charge in [-0.2, -0.15) is 0 Å². The molecule has 3 aromatic carbocycles. The maximum absolute atomic E-state index is 13.2. The van der Waals surface area contributed by atoms with Gasteiger partial charge in [0, 0.05) is 47.5 Å². The molecule has 0 radical (unpaired) electrons. The van der Waals surface area contributed by atoms with E-state index in [9.17, 15) is 19.5 Å². The molecule has 1 unspecified atom stereocenters. The zero-order valence-electron chi connectivity index (χ0n) is 19.0. The Labute approximate surface area is 202 Å². The van der Waals surface area contributed by atoms with Gasteiger partial charge in [-0.1, -0.05) is 42.5 Å². The average molecular weight is 468 g/mol. The number of hydrogen-bond donors (Lipinski definition) is 3. The fourth-order valence-corrected chi connectivity index (χ4v) is 4.64. The number of pyridine rings is 1. The molecule has 1 saturated heterocycles. The lowest BCUT2D eigenvalue weighted by atomic mass is 10.0. The second-order valence-corrected chi connectivity index (χ2v) is 8.72. The molecule has 0 spiro atoms. The van der Waals surface area contributed by atoms with Gasteiger partial charge in [-0.15, -0.1) is 0 Å². The molecule has 0 bridgehead atoms. The number of anilines is 1. The van der Waals surface area contributed by atoms with E-state index in [0.717, 1.165) is 24.0 Å². The number of aromatic carboxylic acids is 1. The Kier molecular flexibility index (Phi) is 6.06. The highest BCUT2D eigenvalue weighted by molar-refractivity contribution is 5.95. The van der Waals surface area contributed by atoms with E-state index < -0.39 is 11.4 Å². The first-order chi connectivity index (χ1) is 17.0. The van der Waals surface area contributed by atoms with Crippen molar-refractivity contribution >= 4 is 28.5 Å². The first-order valence-electron chi connectivity index (χ1n) is 11.6. The predicted molar refractivity (Wildman–Crippen MR) is 136 cm³/mol. The number of carbonyl (C=O) groups excluding carboxylic acids is 1. The molecule has 1 aliphatic heterocycles. The second kappa shape index (κ2) is 9.46. The number of amides is 1. The number of hydrogen-bond acceptors (Lipinski definition) is 4. The number of carboxylic acids is 1. The quantitative estimate of drug-likeness (QED) is 0.384. The Morgan fingerprint density at radius 3 is 2.49 bits per heavy atom. The summed E-state index contributed by atoms with van der Waals surface area (Å²) in [6, 6.07) is 23.0. The van der Waals surface area contributed by atoms with Crippen molar-refractivity contribution < 1.29 is 14.7 Å². The van der Waals surface area contributed by atoms with E-state index in [1.807, 2.05) is 65.6 Å². The van der Waals surface area contributed by atoms with Crippen LogP contribution in [0.3, 0.4) is 0 Å². The molecular weight excluding hydrogens is 442 g/mol. The molecule has 35 heavy (non-hydrogen) atoms. The Hall–Kier alpha value is -4.39. The third-order valence-electron chi connectivity index (χ3n) is 6.53. The molecule has 7 heteroatoms. The van der Waals surface area contributed by atoms with E-state index >= 15 is 0 Å². The van der Waals surface area contributed by atoms with Gasteiger partial charge in [-0.05, 0) is 54.3 Å². The van der Waals surface area contributed by atoms with Crippen molar-refractivity contribution in [2.75, 3.05) is 18.4 Å². The van der Waals surface area contributed by atoms with E-state index in [0.29, 0.717) is 35.2 Å². The summed E-state index contributed by atoms with van der Waals surface area (Å²) in [6.45, 7) is 1.24. The molecule has 3 N–H and O–H groups in total. The van der Waals surface area contributed by atoms with Crippen molar-refractivity contribution in [3.63, 3.8) is 0 Å². The number of nitrogens with one attached hydrogen (secondary N) is 2. The Morgan fingerprint density at radius 2 is 1.74 bits per heavy atom. The van der Waals surface area contributed by atoms with Gasteiger partial charge < -0.3 is 20.3 Å². The number of carbonyl (C=O) groups is 2. The third kappa shape index (κ3) is 4.53.